The SMILES string of the molecule is CCCC1=C(CCC)[N+](C)(C(=O)n2ccnc2)C=N1. The predicted molar refractivity (Wildman–Crippen MR) is 74.5 cm³/mol. The third-order valence-corrected chi connectivity index (χ3v) is 3.43. The fraction of sp³-hybridized carbons (Fsp3) is 0.500. The Balaban J connectivity index is 2.37. The van der Waals surface area contributed by atoms with E-state index in [1.54, 1.807) is 25.1 Å². The van der Waals surface area contributed by atoms with Crippen molar-refractivity contribution in [1.29, 1.82) is 0 Å². The largest absolute Gasteiger partial charge is 0.439 e. The molecule has 1 aromatic rings. The Morgan fingerprint density at radius 3 is 2.63 bits per heavy atom. The van der Waals surface area contributed by atoms with E-state index in [0.717, 1.165) is 37.1 Å². The van der Waals surface area contributed by atoms with Gasteiger partial charge >= 0.3 is 6.03 Å². The molecule has 2 heterocycles. The summed E-state index contributed by atoms with van der Waals surface area (Å²) in [5, 5.41) is 0. The molecule has 1 unspecified atom stereocenters. The van der Waals surface area contributed by atoms with Crippen molar-refractivity contribution >= 4 is 12.4 Å². The summed E-state index contributed by atoms with van der Waals surface area (Å²) in [7, 11) is 1.90. The highest BCUT2D eigenvalue weighted by molar-refractivity contribution is 5.80. The van der Waals surface area contributed by atoms with Crippen LogP contribution in [0.3, 0.4) is 0 Å². The molecule has 0 fully saturated rings. The van der Waals surface area contributed by atoms with Gasteiger partial charge in [-0.15, -0.1) is 0 Å². The zero-order chi connectivity index (χ0) is 13.9. The van der Waals surface area contributed by atoms with Crippen LogP contribution in [0.5, 0.6) is 0 Å². The Morgan fingerprint density at radius 1 is 1.32 bits per heavy atom. The molecule has 2 rings (SSSR count). The molecule has 1 atom stereocenters. The van der Waals surface area contributed by atoms with Crippen LogP contribution in [0.4, 0.5) is 4.79 Å². The second-order valence-corrected chi connectivity index (χ2v) is 4.97. The molecule has 19 heavy (non-hydrogen) atoms. The predicted octanol–water partition coefficient (Wildman–Crippen LogP) is 3.15. The molecule has 0 saturated heterocycles. The van der Waals surface area contributed by atoms with Crippen molar-refractivity contribution in [2.45, 2.75) is 39.5 Å². The summed E-state index contributed by atoms with van der Waals surface area (Å²) in [6.45, 7) is 4.26. The van der Waals surface area contributed by atoms with Crippen molar-refractivity contribution in [3.63, 3.8) is 0 Å². The van der Waals surface area contributed by atoms with Crippen LogP contribution in [0.2, 0.25) is 0 Å². The van der Waals surface area contributed by atoms with Crippen LogP contribution in [-0.4, -0.2) is 33.5 Å². The van der Waals surface area contributed by atoms with Crippen LogP contribution in [0, 0.1) is 0 Å². The standard InChI is InChI=1S/C14H21N4O/c1-4-6-12-13(7-5-2)18(3,11-16-12)14(19)17-9-8-15-10-17/h8-11H,4-7H2,1-3H3/q+1. The number of aromatic nitrogens is 2. The molecule has 0 spiro atoms. The number of hydrogen-bond acceptors (Lipinski definition) is 3. The summed E-state index contributed by atoms with van der Waals surface area (Å²) in [6, 6.07) is -0.0317. The number of carbonyl (C=O) groups excluding carboxylic acids is 1. The summed E-state index contributed by atoms with van der Waals surface area (Å²) in [5.74, 6) is 0. The Bertz CT molecular complexity index is 516. The van der Waals surface area contributed by atoms with Crippen molar-refractivity contribution in [3.05, 3.63) is 30.1 Å². The molecule has 0 saturated carbocycles. The normalized spacial score (nSPS) is 22.3. The quantitative estimate of drug-likeness (QED) is 0.782. The van der Waals surface area contributed by atoms with Gasteiger partial charge in [0, 0.05) is 18.8 Å². The third kappa shape index (κ3) is 2.38. The summed E-state index contributed by atoms with van der Waals surface area (Å²) in [5.41, 5.74) is 2.18. The minimum Gasteiger partial charge on any atom is -0.245 e. The first-order valence-corrected chi connectivity index (χ1v) is 6.80. The van der Waals surface area contributed by atoms with Gasteiger partial charge in [0.25, 0.3) is 0 Å². The van der Waals surface area contributed by atoms with Gasteiger partial charge in [0.15, 0.2) is 0 Å². The first-order valence-electron chi connectivity index (χ1n) is 6.80. The van der Waals surface area contributed by atoms with Crippen LogP contribution in [0.15, 0.2) is 35.1 Å². The molecule has 1 aliphatic rings. The fourth-order valence-corrected chi connectivity index (χ4v) is 2.43. The zero-order valence-electron chi connectivity index (χ0n) is 11.8. The second kappa shape index (κ2) is 5.48. The average molecular weight is 261 g/mol. The van der Waals surface area contributed by atoms with Crippen LogP contribution in [0.25, 0.3) is 0 Å². The van der Waals surface area contributed by atoms with Gasteiger partial charge in [-0.2, -0.15) is 4.48 Å². The summed E-state index contributed by atoms with van der Waals surface area (Å²) < 4.78 is 1.66. The average Bonchev–Trinajstić information content (AvgIpc) is 3.02. The van der Waals surface area contributed by atoms with E-state index in [-0.39, 0.29) is 10.5 Å². The molecular weight excluding hydrogens is 240 g/mol. The number of amides is 1. The van der Waals surface area contributed by atoms with Crippen LogP contribution >= 0.6 is 0 Å². The monoisotopic (exact) mass is 261 g/mol. The van der Waals surface area contributed by atoms with E-state index in [2.05, 4.69) is 23.8 Å². The van der Waals surface area contributed by atoms with E-state index in [0.29, 0.717) is 0 Å². The molecule has 1 aliphatic heterocycles. The highest BCUT2D eigenvalue weighted by Gasteiger charge is 2.41. The van der Waals surface area contributed by atoms with Gasteiger partial charge < -0.3 is 0 Å². The minimum absolute atomic E-state index is 0.0317. The number of allylic oxidation sites excluding steroid dienone is 2. The van der Waals surface area contributed by atoms with E-state index < -0.39 is 0 Å². The van der Waals surface area contributed by atoms with E-state index in [4.69, 9.17) is 0 Å². The van der Waals surface area contributed by atoms with Crippen molar-refractivity contribution in [1.82, 2.24) is 9.55 Å². The molecule has 1 aromatic heterocycles. The van der Waals surface area contributed by atoms with E-state index in [9.17, 15) is 4.79 Å². The lowest BCUT2D eigenvalue weighted by atomic mass is 10.1. The lowest BCUT2D eigenvalue weighted by molar-refractivity contribution is -0.684. The van der Waals surface area contributed by atoms with Gasteiger partial charge in [-0.3, -0.25) is 0 Å². The molecular formula is C14H21N4O+. The topological polar surface area (TPSA) is 47.2 Å². The zero-order valence-corrected chi connectivity index (χ0v) is 11.8. The molecule has 0 N–H and O–H groups in total. The Morgan fingerprint density at radius 2 is 2.05 bits per heavy atom. The van der Waals surface area contributed by atoms with Crippen molar-refractivity contribution in [2.75, 3.05) is 7.05 Å². The first-order chi connectivity index (χ1) is 9.13. The van der Waals surface area contributed by atoms with E-state index >= 15 is 0 Å². The van der Waals surface area contributed by atoms with E-state index in [1.807, 2.05) is 7.05 Å². The molecule has 1 amide bonds. The van der Waals surface area contributed by atoms with Crippen LogP contribution < -0.4 is 0 Å². The Hall–Kier alpha value is -1.75. The number of hydrogen-bond donors (Lipinski definition) is 0. The maximum absolute atomic E-state index is 12.6. The molecule has 102 valence electrons. The number of aliphatic imine (C=N–C) groups is 1. The minimum atomic E-state index is -0.0317. The van der Waals surface area contributed by atoms with Crippen LogP contribution in [-0.2, 0) is 0 Å². The van der Waals surface area contributed by atoms with Crippen molar-refractivity contribution in [3.8, 4) is 0 Å². The maximum Gasteiger partial charge on any atom is 0.439 e. The van der Waals surface area contributed by atoms with Crippen molar-refractivity contribution < 1.29 is 9.28 Å². The summed E-state index contributed by atoms with van der Waals surface area (Å²) in [6.07, 6.45) is 10.5. The van der Waals surface area contributed by atoms with Gasteiger partial charge in [-0.25, -0.2) is 19.3 Å². The Labute approximate surface area is 113 Å². The summed E-state index contributed by atoms with van der Waals surface area (Å²) in [4.78, 5) is 21.1. The van der Waals surface area contributed by atoms with Gasteiger partial charge in [0.2, 0.25) is 6.34 Å². The highest BCUT2D eigenvalue weighted by atomic mass is 16.2. The molecule has 5 heteroatoms. The number of rotatable bonds is 4. The van der Waals surface area contributed by atoms with Crippen LogP contribution in [0.1, 0.15) is 39.5 Å². The molecule has 0 aromatic carbocycles. The van der Waals surface area contributed by atoms with Gasteiger partial charge in [-0.1, -0.05) is 20.3 Å². The highest BCUT2D eigenvalue weighted by Crippen LogP contribution is 2.31. The van der Waals surface area contributed by atoms with Gasteiger partial charge in [0.1, 0.15) is 17.7 Å². The summed E-state index contributed by atoms with van der Waals surface area (Å²) >= 11 is 0. The number of carbonyl (C=O) groups is 1. The molecule has 0 bridgehead atoms. The smallest absolute Gasteiger partial charge is 0.245 e. The van der Waals surface area contributed by atoms with Gasteiger partial charge in [0.05, 0.1) is 7.05 Å². The molecule has 0 radical (unpaired) electrons. The number of quaternary nitrogens is 1. The van der Waals surface area contributed by atoms with E-state index in [1.165, 1.54) is 4.57 Å². The number of imidazole rings is 1. The lowest BCUT2D eigenvalue weighted by Gasteiger charge is -2.25. The number of nitrogens with zero attached hydrogens (tertiary/aromatic N) is 4. The van der Waals surface area contributed by atoms with Crippen molar-refractivity contribution in [2.24, 2.45) is 4.99 Å². The maximum atomic E-state index is 12.6. The first kappa shape index (κ1) is 13.7. The third-order valence-electron chi connectivity index (χ3n) is 3.43. The Kier molecular flexibility index (Phi) is 3.95. The second-order valence-electron chi connectivity index (χ2n) is 4.97. The lowest BCUT2D eigenvalue weighted by Crippen LogP contribution is -2.47. The van der Waals surface area contributed by atoms with Gasteiger partial charge in [-0.05, 0) is 12.8 Å². The molecule has 5 nitrogen and oxygen atoms in total. The molecule has 0 aliphatic carbocycles. The fourth-order valence-electron chi connectivity index (χ4n) is 2.43.